The van der Waals surface area contributed by atoms with Crippen molar-refractivity contribution in [1.82, 2.24) is 0 Å². The monoisotopic (exact) mass is 490 g/mol. The molecule has 0 radical (unpaired) electrons. The fourth-order valence-electron chi connectivity index (χ4n) is 4.84. The van der Waals surface area contributed by atoms with E-state index in [4.69, 9.17) is 12.9 Å². The molecule has 0 saturated carbocycles. The van der Waals surface area contributed by atoms with E-state index in [1.165, 1.54) is 44.5 Å². The van der Waals surface area contributed by atoms with Gasteiger partial charge in [-0.15, -0.1) is 0 Å². The van der Waals surface area contributed by atoms with Crippen LogP contribution in [-0.2, 0) is 6.42 Å². The number of hydrogen-bond acceptors (Lipinski definition) is 3. The van der Waals surface area contributed by atoms with E-state index < -0.39 is 8.24 Å². The van der Waals surface area contributed by atoms with Crippen LogP contribution in [0, 0.1) is 33.6 Å². The lowest BCUT2D eigenvalue weighted by molar-refractivity contribution is 0.464. The van der Waals surface area contributed by atoms with Crippen molar-refractivity contribution in [3.8, 4) is 5.75 Å². The lowest BCUT2D eigenvalue weighted by Gasteiger charge is -2.15. The van der Waals surface area contributed by atoms with Crippen LogP contribution in [0.5, 0.6) is 5.75 Å². The van der Waals surface area contributed by atoms with Gasteiger partial charge in [-0.1, -0.05) is 63.1 Å². The van der Waals surface area contributed by atoms with Gasteiger partial charge in [-0.25, -0.2) is 0 Å². The van der Waals surface area contributed by atoms with Gasteiger partial charge in [-0.2, -0.15) is 0 Å². The van der Waals surface area contributed by atoms with Gasteiger partial charge in [-0.05, 0) is 92.8 Å². The van der Waals surface area contributed by atoms with Crippen LogP contribution in [-0.4, -0.2) is 0 Å². The molecule has 0 aliphatic heterocycles. The van der Waals surface area contributed by atoms with Crippen molar-refractivity contribution in [2.45, 2.75) is 81.6 Å². The first kappa shape index (κ1) is 25.5. The standard InChI is InChI=1S/C31H39O3P/c1-17(2)25-14-20(6)23(9)29-28(16-25)33-35(32-27-12-11-19(5)13-22(27)8)34-31-26(18(3)4)15-21(7)24(10)30(29)31/h11-15,17-18H,16H2,1-10H3. The fourth-order valence-corrected chi connectivity index (χ4v) is 6.00. The number of hydrogen-bond donors (Lipinski definition) is 0. The normalized spacial score (nSPS) is 14.4. The topological polar surface area (TPSA) is 35.5 Å². The Morgan fingerprint density at radius 1 is 0.857 bits per heavy atom. The molecule has 1 aliphatic carbocycles. The summed E-state index contributed by atoms with van der Waals surface area (Å²) in [5.41, 5.74) is 12.0. The van der Waals surface area contributed by atoms with Crippen LogP contribution in [0.1, 0.15) is 86.6 Å². The smallest absolute Gasteiger partial charge is 0.394 e. The lowest BCUT2D eigenvalue weighted by Crippen LogP contribution is -2.00. The maximum Gasteiger partial charge on any atom is 0.452 e. The molecule has 1 aromatic heterocycles. The van der Waals surface area contributed by atoms with Crippen LogP contribution >= 0.6 is 8.24 Å². The van der Waals surface area contributed by atoms with E-state index in [-0.39, 0.29) is 0 Å². The van der Waals surface area contributed by atoms with E-state index in [1.54, 1.807) is 0 Å². The highest BCUT2D eigenvalue weighted by Crippen LogP contribution is 2.45. The minimum absolute atomic E-state index is 0.309. The summed E-state index contributed by atoms with van der Waals surface area (Å²) in [6.45, 7) is 21.9. The summed E-state index contributed by atoms with van der Waals surface area (Å²) >= 11 is 0. The van der Waals surface area contributed by atoms with Crippen LogP contribution in [0.15, 0.2) is 49.9 Å². The molecule has 1 atom stereocenters. The molecule has 0 amide bonds. The highest BCUT2D eigenvalue weighted by molar-refractivity contribution is 7.32. The second-order valence-corrected chi connectivity index (χ2v) is 11.7. The maximum atomic E-state index is 6.72. The molecule has 35 heavy (non-hydrogen) atoms. The van der Waals surface area contributed by atoms with Crippen LogP contribution in [0.2, 0.25) is 0 Å². The number of benzene rings is 2. The number of fused-ring (bicyclic) bond motifs is 3. The zero-order valence-corrected chi connectivity index (χ0v) is 23.8. The van der Waals surface area contributed by atoms with E-state index in [2.05, 4.69) is 93.5 Å². The molecule has 4 heteroatoms. The lowest BCUT2D eigenvalue weighted by atomic mass is 9.89. The molecule has 1 unspecified atom stereocenters. The Bertz CT molecular complexity index is 1400. The fraction of sp³-hybridized carbons (Fsp3) is 0.419. The second kappa shape index (κ2) is 9.78. The van der Waals surface area contributed by atoms with E-state index >= 15 is 0 Å². The van der Waals surface area contributed by atoms with E-state index in [1.807, 2.05) is 6.07 Å². The van der Waals surface area contributed by atoms with E-state index in [9.17, 15) is 0 Å². The minimum atomic E-state index is -1.68. The summed E-state index contributed by atoms with van der Waals surface area (Å²) in [7, 11) is -1.68. The molecular formula is C31H39O3P. The summed E-state index contributed by atoms with van der Waals surface area (Å²) in [4.78, 5) is 0. The quantitative estimate of drug-likeness (QED) is 0.365. The van der Waals surface area contributed by atoms with Gasteiger partial charge in [0, 0.05) is 17.4 Å². The van der Waals surface area contributed by atoms with E-state index in [0.717, 1.165) is 34.5 Å². The number of allylic oxidation sites excluding steroid dienone is 4. The highest BCUT2D eigenvalue weighted by atomic mass is 31.1. The largest absolute Gasteiger partial charge is 0.452 e. The Morgan fingerprint density at radius 2 is 1.57 bits per heavy atom. The zero-order chi connectivity index (χ0) is 25.6. The Morgan fingerprint density at radius 3 is 2.20 bits per heavy atom. The summed E-state index contributed by atoms with van der Waals surface area (Å²) < 4.78 is 19.9. The van der Waals surface area contributed by atoms with Gasteiger partial charge in [0.1, 0.15) is 17.1 Å². The molecule has 0 spiro atoms. The molecule has 3 aromatic rings. The van der Waals surface area contributed by atoms with Crippen molar-refractivity contribution in [3.63, 3.8) is 0 Å². The van der Waals surface area contributed by atoms with Crippen LogP contribution in [0.25, 0.3) is 16.5 Å². The van der Waals surface area contributed by atoms with Crippen LogP contribution in [0.4, 0.5) is 0 Å². The minimum Gasteiger partial charge on any atom is -0.394 e. The third-order valence-corrected chi connectivity index (χ3v) is 8.35. The first-order chi connectivity index (χ1) is 16.5. The van der Waals surface area contributed by atoms with Gasteiger partial charge in [0.15, 0.2) is 0 Å². The third-order valence-electron chi connectivity index (χ3n) is 7.31. The van der Waals surface area contributed by atoms with Gasteiger partial charge in [0.2, 0.25) is 0 Å². The van der Waals surface area contributed by atoms with Gasteiger partial charge in [0.05, 0.1) is 0 Å². The van der Waals surface area contributed by atoms with Crippen molar-refractivity contribution in [2.24, 2.45) is 5.92 Å². The molecule has 0 bridgehead atoms. The summed E-state index contributed by atoms with van der Waals surface area (Å²) in [6, 6.07) is 8.50. The molecular weight excluding hydrogens is 451 g/mol. The van der Waals surface area contributed by atoms with Gasteiger partial charge < -0.3 is 12.9 Å². The molecule has 1 heterocycles. The van der Waals surface area contributed by atoms with Gasteiger partial charge >= 0.3 is 8.24 Å². The molecule has 4 rings (SSSR count). The summed E-state index contributed by atoms with van der Waals surface area (Å²) in [5, 5.41) is 1.16. The Labute approximate surface area is 211 Å². The third kappa shape index (κ3) is 4.89. The molecule has 0 saturated heterocycles. The first-order valence-electron chi connectivity index (χ1n) is 12.6. The molecule has 2 aromatic carbocycles. The van der Waals surface area contributed by atoms with Crippen molar-refractivity contribution in [2.75, 3.05) is 0 Å². The van der Waals surface area contributed by atoms with Crippen molar-refractivity contribution < 1.29 is 12.9 Å². The predicted octanol–water partition coefficient (Wildman–Crippen LogP) is 10.3. The maximum absolute atomic E-state index is 6.72. The summed E-state index contributed by atoms with van der Waals surface area (Å²) in [5.74, 6) is 2.49. The molecule has 0 fully saturated rings. The SMILES string of the molecule is CC1=C(C)c2c(op(Oc3ccc(C)cc3C)oc3c(C(C)C)cc(C)c(C)c23)CC(C(C)C)=C1. The first-order valence-corrected chi connectivity index (χ1v) is 13.7. The second-order valence-electron chi connectivity index (χ2n) is 10.7. The highest BCUT2D eigenvalue weighted by Gasteiger charge is 2.25. The molecule has 1 aliphatic rings. The number of rotatable bonds is 4. The summed E-state index contributed by atoms with van der Waals surface area (Å²) in [6.07, 6.45) is 3.10. The molecule has 186 valence electrons. The van der Waals surface area contributed by atoms with Crippen molar-refractivity contribution >= 4 is 24.8 Å². The zero-order valence-electron chi connectivity index (χ0n) is 22.9. The Kier molecular flexibility index (Phi) is 7.11. The predicted molar refractivity (Wildman–Crippen MR) is 149 cm³/mol. The van der Waals surface area contributed by atoms with Crippen molar-refractivity contribution in [1.29, 1.82) is 0 Å². The molecule has 3 nitrogen and oxygen atoms in total. The Hall–Kier alpha value is -2.64. The van der Waals surface area contributed by atoms with Gasteiger partial charge in [-0.3, -0.25) is 0 Å². The molecule has 0 N–H and O–H groups in total. The van der Waals surface area contributed by atoms with Crippen LogP contribution in [0.3, 0.4) is 0 Å². The Balaban J connectivity index is 2.14. The van der Waals surface area contributed by atoms with Crippen molar-refractivity contribution in [3.05, 3.63) is 80.6 Å². The average Bonchev–Trinajstić information content (AvgIpc) is 3.00. The average molecular weight is 491 g/mol. The van der Waals surface area contributed by atoms with Crippen LogP contribution < -0.4 is 4.52 Å². The van der Waals surface area contributed by atoms with Gasteiger partial charge in [0.25, 0.3) is 0 Å². The number of aryl methyl sites for hydroxylation is 4. The van der Waals surface area contributed by atoms with E-state index in [0.29, 0.717) is 11.8 Å².